The van der Waals surface area contributed by atoms with E-state index in [1.54, 1.807) is 0 Å². The third kappa shape index (κ3) is 5.62. The van der Waals surface area contributed by atoms with Gasteiger partial charge in [-0.05, 0) is 44.9 Å². The smallest absolute Gasteiger partial charge is 0.306 e. The van der Waals surface area contributed by atoms with Crippen molar-refractivity contribution >= 4 is 11.9 Å². The van der Waals surface area contributed by atoms with Gasteiger partial charge in [0.25, 0.3) is 0 Å². The van der Waals surface area contributed by atoms with Crippen LogP contribution in [0.1, 0.15) is 60.3 Å². The quantitative estimate of drug-likeness (QED) is 0.754. The Kier molecular flexibility index (Phi) is 4.99. The van der Waals surface area contributed by atoms with E-state index in [4.69, 9.17) is 4.74 Å². The first-order chi connectivity index (χ1) is 8.65. The molecule has 0 heterocycles. The van der Waals surface area contributed by atoms with Crippen molar-refractivity contribution in [1.29, 1.82) is 0 Å². The van der Waals surface area contributed by atoms with Gasteiger partial charge in [-0.1, -0.05) is 13.8 Å². The zero-order chi connectivity index (χ0) is 14.7. The molecule has 4 nitrogen and oxygen atoms in total. The molecule has 1 fully saturated rings. The Bertz CT molecular complexity index is 338. The van der Waals surface area contributed by atoms with Crippen LogP contribution in [0, 0.1) is 11.3 Å². The molecule has 4 heteroatoms. The fraction of sp³-hybridized carbons (Fsp3) is 0.867. The Morgan fingerprint density at radius 2 is 1.79 bits per heavy atom. The number of hydrogen-bond acceptors (Lipinski definition) is 3. The van der Waals surface area contributed by atoms with Crippen molar-refractivity contribution in [3.63, 3.8) is 0 Å². The lowest BCUT2D eigenvalue weighted by atomic mass is 9.92. The summed E-state index contributed by atoms with van der Waals surface area (Å²) in [5.41, 5.74) is -0.176. The number of ether oxygens (including phenoxy) is 1. The van der Waals surface area contributed by atoms with Crippen LogP contribution >= 0.6 is 0 Å². The molecule has 1 amide bonds. The van der Waals surface area contributed by atoms with Crippen molar-refractivity contribution in [3.05, 3.63) is 0 Å². The average Bonchev–Trinajstić information content (AvgIpc) is 3.02. The van der Waals surface area contributed by atoms with Crippen LogP contribution in [0.4, 0.5) is 0 Å². The predicted octanol–water partition coefficient (Wildman–Crippen LogP) is 2.66. The highest BCUT2D eigenvalue weighted by molar-refractivity contribution is 5.81. The van der Waals surface area contributed by atoms with Gasteiger partial charge in [0.2, 0.25) is 5.91 Å². The van der Waals surface area contributed by atoms with E-state index in [0.717, 1.165) is 6.54 Å². The van der Waals surface area contributed by atoms with Crippen LogP contribution in [0.5, 0.6) is 0 Å². The van der Waals surface area contributed by atoms with Crippen LogP contribution in [0.2, 0.25) is 0 Å². The van der Waals surface area contributed by atoms with Crippen LogP contribution in [-0.2, 0) is 14.3 Å². The summed E-state index contributed by atoms with van der Waals surface area (Å²) in [5.74, 6) is 0.226. The maximum absolute atomic E-state index is 11.7. The molecule has 0 atom stereocenters. The van der Waals surface area contributed by atoms with Gasteiger partial charge in [0.15, 0.2) is 0 Å². The fourth-order valence-corrected chi connectivity index (χ4v) is 2.09. The molecule has 19 heavy (non-hydrogen) atoms. The molecule has 1 saturated carbocycles. The third-order valence-corrected chi connectivity index (χ3v) is 3.73. The molecule has 110 valence electrons. The minimum Gasteiger partial charge on any atom is -0.460 e. The van der Waals surface area contributed by atoms with Crippen molar-refractivity contribution < 1.29 is 14.3 Å². The minimum absolute atomic E-state index is 0.0576. The first kappa shape index (κ1) is 16.0. The first-order valence-corrected chi connectivity index (χ1v) is 7.13. The van der Waals surface area contributed by atoms with Gasteiger partial charge < -0.3 is 10.1 Å². The van der Waals surface area contributed by atoms with E-state index in [1.807, 2.05) is 20.8 Å². The van der Waals surface area contributed by atoms with Gasteiger partial charge >= 0.3 is 5.97 Å². The molecule has 0 aromatic rings. The average molecular weight is 269 g/mol. The summed E-state index contributed by atoms with van der Waals surface area (Å²) in [4.78, 5) is 23.2. The van der Waals surface area contributed by atoms with E-state index in [1.165, 1.54) is 12.8 Å². The van der Waals surface area contributed by atoms with Gasteiger partial charge in [0, 0.05) is 13.0 Å². The zero-order valence-electron chi connectivity index (χ0n) is 12.8. The molecule has 0 bridgehead atoms. The molecule has 0 spiro atoms. The van der Waals surface area contributed by atoms with E-state index in [9.17, 15) is 9.59 Å². The number of rotatable bonds is 6. The van der Waals surface area contributed by atoms with Crippen LogP contribution in [0.3, 0.4) is 0 Å². The topological polar surface area (TPSA) is 55.4 Å². The Morgan fingerprint density at radius 3 is 2.21 bits per heavy atom. The normalized spacial score (nSPS) is 17.2. The van der Waals surface area contributed by atoms with E-state index in [2.05, 4.69) is 19.2 Å². The Balaban J connectivity index is 2.20. The van der Waals surface area contributed by atoms with Crippen molar-refractivity contribution in [2.24, 2.45) is 11.3 Å². The Morgan fingerprint density at radius 1 is 1.21 bits per heavy atom. The predicted molar refractivity (Wildman–Crippen MR) is 74.6 cm³/mol. The lowest BCUT2D eigenvalue weighted by Crippen LogP contribution is -2.33. The summed E-state index contributed by atoms with van der Waals surface area (Å²) >= 11 is 0. The van der Waals surface area contributed by atoms with Gasteiger partial charge in [-0.2, -0.15) is 0 Å². The summed E-state index contributed by atoms with van der Waals surface area (Å²) in [6, 6.07) is 0. The summed E-state index contributed by atoms with van der Waals surface area (Å²) in [5, 5.41) is 2.94. The van der Waals surface area contributed by atoms with Gasteiger partial charge in [0.1, 0.15) is 5.60 Å². The number of amides is 1. The molecule has 1 N–H and O–H groups in total. The van der Waals surface area contributed by atoms with Crippen LogP contribution in [-0.4, -0.2) is 24.0 Å². The van der Waals surface area contributed by atoms with Crippen LogP contribution < -0.4 is 5.32 Å². The number of esters is 1. The summed E-state index contributed by atoms with van der Waals surface area (Å²) < 4.78 is 5.17. The van der Waals surface area contributed by atoms with Crippen LogP contribution in [0.25, 0.3) is 0 Å². The second-order valence-corrected chi connectivity index (χ2v) is 6.88. The van der Waals surface area contributed by atoms with Gasteiger partial charge in [0.05, 0.1) is 6.42 Å². The maximum Gasteiger partial charge on any atom is 0.306 e. The van der Waals surface area contributed by atoms with Gasteiger partial charge in [-0.15, -0.1) is 0 Å². The largest absolute Gasteiger partial charge is 0.460 e. The standard InChI is InChI=1S/C15H27NO3/c1-11(2)15(8-9-15)10-16-12(17)6-7-13(18)19-14(3,4)5/h11H,6-10H2,1-5H3,(H,16,17). The molecular weight excluding hydrogens is 242 g/mol. The van der Waals surface area contributed by atoms with E-state index >= 15 is 0 Å². The molecule has 0 aromatic heterocycles. The molecule has 0 radical (unpaired) electrons. The first-order valence-electron chi connectivity index (χ1n) is 7.13. The third-order valence-electron chi connectivity index (χ3n) is 3.73. The molecule has 0 aliphatic heterocycles. The number of nitrogens with one attached hydrogen (secondary N) is 1. The second-order valence-electron chi connectivity index (χ2n) is 6.88. The molecule has 1 aliphatic rings. The fourth-order valence-electron chi connectivity index (χ4n) is 2.09. The summed E-state index contributed by atoms with van der Waals surface area (Å²) in [7, 11) is 0. The maximum atomic E-state index is 11.7. The van der Waals surface area contributed by atoms with Crippen LogP contribution in [0.15, 0.2) is 0 Å². The van der Waals surface area contributed by atoms with Crippen molar-refractivity contribution in [1.82, 2.24) is 5.32 Å². The van der Waals surface area contributed by atoms with Crippen molar-refractivity contribution in [2.45, 2.75) is 65.9 Å². The Hall–Kier alpha value is -1.06. The molecule has 1 rings (SSSR count). The highest BCUT2D eigenvalue weighted by Gasteiger charge is 2.45. The molecule has 0 aromatic carbocycles. The zero-order valence-corrected chi connectivity index (χ0v) is 12.8. The van der Waals surface area contributed by atoms with E-state index in [0.29, 0.717) is 11.3 Å². The summed E-state index contributed by atoms with van der Waals surface area (Å²) in [6.07, 6.45) is 2.74. The monoisotopic (exact) mass is 269 g/mol. The minimum atomic E-state index is -0.483. The lowest BCUT2D eigenvalue weighted by molar-refractivity contribution is -0.155. The van der Waals surface area contributed by atoms with Crippen molar-refractivity contribution in [3.8, 4) is 0 Å². The molecule has 1 aliphatic carbocycles. The van der Waals surface area contributed by atoms with E-state index < -0.39 is 5.60 Å². The van der Waals surface area contributed by atoms with Crippen molar-refractivity contribution in [2.75, 3.05) is 6.54 Å². The van der Waals surface area contributed by atoms with E-state index in [-0.39, 0.29) is 24.7 Å². The Labute approximate surface area is 116 Å². The van der Waals surface area contributed by atoms with Gasteiger partial charge in [-0.3, -0.25) is 9.59 Å². The highest BCUT2D eigenvalue weighted by Crippen LogP contribution is 2.51. The lowest BCUT2D eigenvalue weighted by Gasteiger charge is -2.21. The number of carbonyl (C=O) groups is 2. The second kappa shape index (κ2) is 5.93. The molecule has 0 saturated heterocycles. The molecular formula is C15H27NO3. The summed E-state index contributed by atoms with van der Waals surface area (Å²) in [6.45, 7) is 10.6. The molecule has 0 unspecified atom stereocenters. The number of carbonyl (C=O) groups excluding carboxylic acids is 2. The SMILES string of the molecule is CC(C)C1(CNC(=O)CCC(=O)OC(C)(C)C)CC1. The number of hydrogen-bond donors (Lipinski definition) is 1. The van der Waals surface area contributed by atoms with Gasteiger partial charge in [-0.25, -0.2) is 0 Å². The highest BCUT2D eigenvalue weighted by atomic mass is 16.6.